The number of methoxy groups -OCH3 is 2. The Bertz CT molecular complexity index is 1040. The van der Waals surface area contributed by atoms with Crippen molar-refractivity contribution in [3.05, 3.63) is 53.9 Å². The van der Waals surface area contributed by atoms with E-state index < -0.39 is 0 Å². The first kappa shape index (κ1) is 16.7. The third-order valence-electron chi connectivity index (χ3n) is 5.50. The van der Waals surface area contributed by atoms with Crippen LogP contribution in [0.2, 0.25) is 0 Å². The van der Waals surface area contributed by atoms with E-state index in [1.54, 1.807) is 6.33 Å². The largest absolute Gasteiger partial charge is 0.502 e. The highest BCUT2D eigenvalue weighted by atomic mass is 16.5. The second kappa shape index (κ2) is 6.30. The van der Waals surface area contributed by atoms with Crippen LogP contribution in [-0.4, -0.2) is 35.8 Å². The standard InChI is InChI=1S/C21H20N4O3/c1-27-15-7-11(8-16(28-2)20(15)26)18-13-9-22-21-17(13)19(23-10-24-21)12-5-3-4-6-14(12)25-18/h3-8,10,13,18,25-26H,9H2,1-2H3,(H,22,23,24). The number of aromatic hydroxyl groups is 1. The Kier molecular flexibility index (Phi) is 3.75. The Balaban J connectivity index is 1.73. The van der Waals surface area contributed by atoms with Gasteiger partial charge in [-0.15, -0.1) is 0 Å². The molecule has 1 aromatic heterocycles. The van der Waals surface area contributed by atoms with Crippen LogP contribution in [-0.2, 0) is 0 Å². The molecule has 0 saturated carbocycles. The Hall–Kier alpha value is -3.48. The fourth-order valence-electron chi connectivity index (χ4n) is 4.19. The summed E-state index contributed by atoms with van der Waals surface area (Å²) in [5.41, 5.74) is 5.07. The molecule has 0 bridgehead atoms. The second-order valence-electron chi connectivity index (χ2n) is 6.91. The van der Waals surface area contributed by atoms with E-state index in [9.17, 15) is 5.11 Å². The number of fused-ring (bicyclic) bond motifs is 2. The molecule has 0 amide bonds. The van der Waals surface area contributed by atoms with Gasteiger partial charge in [0.15, 0.2) is 11.5 Å². The van der Waals surface area contributed by atoms with Gasteiger partial charge in [-0.2, -0.15) is 0 Å². The Morgan fingerprint density at radius 1 is 1.07 bits per heavy atom. The van der Waals surface area contributed by atoms with E-state index in [0.717, 1.165) is 40.4 Å². The van der Waals surface area contributed by atoms with Crippen LogP contribution < -0.4 is 20.1 Å². The lowest BCUT2D eigenvalue weighted by Gasteiger charge is -2.26. The number of hydrogen-bond donors (Lipinski definition) is 3. The lowest BCUT2D eigenvalue weighted by Crippen LogP contribution is -2.20. The van der Waals surface area contributed by atoms with Gasteiger partial charge in [0.2, 0.25) is 5.75 Å². The van der Waals surface area contributed by atoms with Gasteiger partial charge >= 0.3 is 0 Å². The van der Waals surface area contributed by atoms with E-state index in [2.05, 4.69) is 32.7 Å². The van der Waals surface area contributed by atoms with Crippen molar-refractivity contribution in [3.63, 3.8) is 0 Å². The van der Waals surface area contributed by atoms with Gasteiger partial charge in [0, 0.05) is 29.3 Å². The highest BCUT2D eigenvalue weighted by molar-refractivity contribution is 5.83. The number of rotatable bonds is 3. The third kappa shape index (κ3) is 2.36. The number of benzene rings is 2. The van der Waals surface area contributed by atoms with Gasteiger partial charge in [-0.05, 0) is 23.8 Å². The van der Waals surface area contributed by atoms with Crippen molar-refractivity contribution in [1.82, 2.24) is 9.97 Å². The minimum absolute atomic E-state index is 0.00302. The van der Waals surface area contributed by atoms with Crippen molar-refractivity contribution in [2.75, 3.05) is 31.4 Å². The molecule has 5 rings (SSSR count). The molecule has 3 heterocycles. The summed E-state index contributed by atoms with van der Waals surface area (Å²) in [6.07, 6.45) is 1.60. The minimum Gasteiger partial charge on any atom is -0.502 e. The predicted molar refractivity (Wildman–Crippen MR) is 106 cm³/mol. The number of aromatic nitrogens is 2. The number of nitrogens with one attached hydrogen (secondary N) is 2. The molecule has 0 saturated heterocycles. The fourth-order valence-corrected chi connectivity index (χ4v) is 4.19. The van der Waals surface area contributed by atoms with Gasteiger partial charge in [0.05, 0.1) is 26.0 Å². The molecule has 3 N–H and O–H groups in total. The molecule has 2 aliphatic heterocycles. The maximum absolute atomic E-state index is 10.3. The zero-order valence-electron chi connectivity index (χ0n) is 15.6. The Morgan fingerprint density at radius 2 is 1.82 bits per heavy atom. The van der Waals surface area contributed by atoms with E-state index in [4.69, 9.17) is 9.47 Å². The van der Waals surface area contributed by atoms with Crippen LogP contribution >= 0.6 is 0 Å². The number of phenols is 1. The molecule has 0 aliphatic carbocycles. The van der Waals surface area contributed by atoms with Crippen LogP contribution in [0, 0.1) is 0 Å². The first-order valence-electron chi connectivity index (χ1n) is 9.11. The molecule has 0 spiro atoms. The zero-order valence-corrected chi connectivity index (χ0v) is 15.6. The molecule has 3 aromatic rings. The summed E-state index contributed by atoms with van der Waals surface area (Å²) in [4.78, 5) is 9.04. The third-order valence-corrected chi connectivity index (χ3v) is 5.50. The van der Waals surface area contributed by atoms with Gasteiger partial charge in [-0.25, -0.2) is 9.97 Å². The molecular weight excluding hydrogens is 356 g/mol. The monoisotopic (exact) mass is 376 g/mol. The Labute approximate surface area is 162 Å². The summed E-state index contributed by atoms with van der Waals surface area (Å²) >= 11 is 0. The van der Waals surface area contributed by atoms with Gasteiger partial charge in [-0.3, -0.25) is 0 Å². The molecule has 142 valence electrons. The minimum atomic E-state index is -0.0782. The molecule has 2 unspecified atom stereocenters. The van der Waals surface area contributed by atoms with Crippen LogP contribution in [0.1, 0.15) is 23.1 Å². The number of anilines is 2. The first-order valence-corrected chi connectivity index (χ1v) is 9.11. The average Bonchev–Trinajstić information content (AvgIpc) is 3.10. The summed E-state index contributed by atoms with van der Waals surface area (Å²) in [6, 6.07) is 11.8. The van der Waals surface area contributed by atoms with Gasteiger partial charge in [-0.1, -0.05) is 18.2 Å². The lowest BCUT2D eigenvalue weighted by molar-refractivity contribution is 0.338. The van der Waals surface area contributed by atoms with Crippen LogP contribution in [0.25, 0.3) is 11.3 Å². The summed E-state index contributed by atoms with van der Waals surface area (Å²) in [7, 11) is 3.07. The van der Waals surface area contributed by atoms with E-state index >= 15 is 0 Å². The maximum Gasteiger partial charge on any atom is 0.200 e. The van der Waals surface area contributed by atoms with Crippen LogP contribution in [0.4, 0.5) is 11.5 Å². The second-order valence-corrected chi connectivity index (χ2v) is 6.91. The number of phenolic OH excluding ortho intramolecular Hbond substituents is 1. The van der Waals surface area contributed by atoms with Crippen molar-refractivity contribution in [1.29, 1.82) is 0 Å². The van der Waals surface area contributed by atoms with E-state index in [-0.39, 0.29) is 17.7 Å². The first-order chi connectivity index (χ1) is 13.7. The highest BCUT2D eigenvalue weighted by Gasteiger charge is 2.38. The Morgan fingerprint density at radius 3 is 2.57 bits per heavy atom. The van der Waals surface area contributed by atoms with E-state index in [1.165, 1.54) is 14.2 Å². The quantitative estimate of drug-likeness (QED) is 0.644. The van der Waals surface area contributed by atoms with E-state index in [0.29, 0.717) is 11.5 Å². The molecule has 2 aliphatic rings. The van der Waals surface area contributed by atoms with E-state index in [1.807, 2.05) is 24.3 Å². The molecule has 2 atom stereocenters. The van der Waals surface area contributed by atoms with Crippen molar-refractivity contribution in [2.45, 2.75) is 12.0 Å². The van der Waals surface area contributed by atoms with Crippen LogP contribution in [0.15, 0.2) is 42.7 Å². The van der Waals surface area contributed by atoms with Crippen molar-refractivity contribution in [3.8, 4) is 28.5 Å². The molecule has 2 aromatic carbocycles. The summed E-state index contributed by atoms with van der Waals surface area (Å²) in [6.45, 7) is 0.734. The molecular formula is C21H20N4O3. The SMILES string of the molecule is COc1cc(C2Nc3ccccc3-c3ncnc4c3C2CN4)cc(OC)c1O. The summed E-state index contributed by atoms with van der Waals surface area (Å²) in [5.74, 6) is 1.74. The topological polar surface area (TPSA) is 88.5 Å². The van der Waals surface area contributed by atoms with Gasteiger partial charge in [0.25, 0.3) is 0 Å². The van der Waals surface area contributed by atoms with Crippen molar-refractivity contribution in [2.24, 2.45) is 0 Å². The molecule has 7 heteroatoms. The smallest absolute Gasteiger partial charge is 0.200 e. The van der Waals surface area contributed by atoms with Crippen molar-refractivity contribution >= 4 is 11.5 Å². The fraction of sp³-hybridized carbons (Fsp3) is 0.238. The van der Waals surface area contributed by atoms with Crippen molar-refractivity contribution < 1.29 is 14.6 Å². The number of hydrogen-bond acceptors (Lipinski definition) is 7. The molecule has 0 radical (unpaired) electrons. The van der Waals surface area contributed by atoms with Gasteiger partial charge < -0.3 is 25.2 Å². The van der Waals surface area contributed by atoms with Crippen LogP contribution in [0.5, 0.6) is 17.2 Å². The molecule has 7 nitrogen and oxygen atoms in total. The summed E-state index contributed by atoms with van der Waals surface area (Å²) < 4.78 is 10.7. The highest BCUT2D eigenvalue weighted by Crippen LogP contribution is 2.50. The average molecular weight is 376 g/mol. The number of ether oxygens (including phenoxy) is 2. The van der Waals surface area contributed by atoms with Crippen LogP contribution in [0.3, 0.4) is 0 Å². The maximum atomic E-state index is 10.3. The zero-order chi connectivity index (χ0) is 19.3. The summed E-state index contributed by atoms with van der Waals surface area (Å²) in [5, 5.41) is 17.4. The lowest BCUT2D eigenvalue weighted by atomic mass is 9.88. The number of para-hydroxylation sites is 1. The predicted octanol–water partition coefficient (Wildman–Crippen LogP) is 3.54. The molecule has 28 heavy (non-hydrogen) atoms. The normalized spacial score (nSPS) is 18.9. The number of nitrogens with zero attached hydrogens (tertiary/aromatic N) is 2. The van der Waals surface area contributed by atoms with Gasteiger partial charge in [0.1, 0.15) is 12.1 Å². The molecule has 0 fully saturated rings.